The first-order valence-corrected chi connectivity index (χ1v) is 8.07. The third-order valence-corrected chi connectivity index (χ3v) is 4.12. The van der Waals surface area contributed by atoms with Gasteiger partial charge in [0.25, 0.3) is 0 Å². The zero-order valence-corrected chi connectivity index (χ0v) is 13.8. The van der Waals surface area contributed by atoms with Crippen LogP contribution in [0.1, 0.15) is 32.9 Å². The number of rotatable bonds is 6. The van der Waals surface area contributed by atoms with Crippen molar-refractivity contribution in [1.29, 1.82) is 0 Å². The van der Waals surface area contributed by atoms with E-state index in [1.54, 1.807) is 0 Å². The number of nitrogens with zero attached hydrogens (tertiary/aromatic N) is 4. The monoisotopic (exact) mass is 291 g/mol. The number of aromatic nitrogens is 2. The highest BCUT2D eigenvalue weighted by molar-refractivity contribution is 5.37. The largest absolute Gasteiger partial charge is 0.352 e. The molecule has 2 rings (SSSR count). The highest BCUT2D eigenvalue weighted by Crippen LogP contribution is 2.16. The van der Waals surface area contributed by atoms with Gasteiger partial charge in [-0.1, -0.05) is 20.8 Å². The smallest absolute Gasteiger partial charge is 0.147 e. The lowest BCUT2D eigenvalue weighted by Gasteiger charge is -2.39. The number of anilines is 1. The van der Waals surface area contributed by atoms with Crippen molar-refractivity contribution in [3.05, 3.63) is 18.1 Å². The first kappa shape index (κ1) is 16.2. The highest BCUT2D eigenvalue weighted by atomic mass is 15.3. The average molecular weight is 291 g/mol. The van der Waals surface area contributed by atoms with E-state index in [2.05, 4.69) is 52.9 Å². The second-order valence-electron chi connectivity index (χ2n) is 6.38. The van der Waals surface area contributed by atoms with E-state index in [4.69, 9.17) is 0 Å². The fraction of sp³-hybridized carbons (Fsp3) is 0.750. The van der Waals surface area contributed by atoms with Crippen LogP contribution in [0.4, 0.5) is 5.82 Å². The van der Waals surface area contributed by atoms with Crippen molar-refractivity contribution < 1.29 is 0 Å². The Morgan fingerprint density at radius 1 is 1.29 bits per heavy atom. The molecular formula is C16H29N5. The van der Waals surface area contributed by atoms with Gasteiger partial charge in [-0.05, 0) is 25.9 Å². The fourth-order valence-corrected chi connectivity index (χ4v) is 2.69. The van der Waals surface area contributed by atoms with Gasteiger partial charge in [0.15, 0.2) is 0 Å². The van der Waals surface area contributed by atoms with E-state index in [1.165, 1.54) is 6.42 Å². The molecule has 5 heteroatoms. The average Bonchev–Trinajstić information content (AvgIpc) is 2.48. The van der Waals surface area contributed by atoms with Crippen LogP contribution in [0, 0.1) is 5.92 Å². The standard InChI is InChI=1S/C16H29N5/c1-5-15-12-21(7-6-20(15)4)16-11-18-14(10-19-16)9-17-8-13(2)3/h10-11,13,15,17H,5-9,12H2,1-4H3. The maximum absolute atomic E-state index is 4.60. The van der Waals surface area contributed by atoms with Crippen LogP contribution in [0.5, 0.6) is 0 Å². The molecular weight excluding hydrogens is 262 g/mol. The number of hydrogen-bond acceptors (Lipinski definition) is 5. The van der Waals surface area contributed by atoms with Gasteiger partial charge in [0.2, 0.25) is 0 Å². The summed E-state index contributed by atoms with van der Waals surface area (Å²) in [7, 11) is 2.21. The first-order valence-electron chi connectivity index (χ1n) is 8.07. The first-order chi connectivity index (χ1) is 10.1. The van der Waals surface area contributed by atoms with Crippen LogP contribution in [0.3, 0.4) is 0 Å². The molecule has 1 fully saturated rings. The van der Waals surface area contributed by atoms with E-state index in [1.807, 2.05) is 12.4 Å². The minimum absolute atomic E-state index is 0.618. The molecule has 1 aromatic rings. The molecule has 1 aliphatic rings. The second kappa shape index (κ2) is 7.71. The minimum atomic E-state index is 0.618. The van der Waals surface area contributed by atoms with Crippen molar-refractivity contribution >= 4 is 5.82 Å². The second-order valence-corrected chi connectivity index (χ2v) is 6.38. The molecule has 1 N–H and O–H groups in total. The van der Waals surface area contributed by atoms with Crippen LogP contribution >= 0.6 is 0 Å². The maximum atomic E-state index is 4.60. The molecule has 21 heavy (non-hydrogen) atoms. The van der Waals surface area contributed by atoms with Crippen LogP contribution in [0.2, 0.25) is 0 Å². The van der Waals surface area contributed by atoms with E-state index < -0.39 is 0 Å². The van der Waals surface area contributed by atoms with Gasteiger partial charge in [0.05, 0.1) is 18.1 Å². The summed E-state index contributed by atoms with van der Waals surface area (Å²) in [6.07, 6.45) is 5.00. The summed E-state index contributed by atoms with van der Waals surface area (Å²) in [5, 5.41) is 3.40. The SMILES string of the molecule is CCC1CN(c2cnc(CNCC(C)C)cn2)CCN1C. The predicted octanol–water partition coefficient (Wildman–Crippen LogP) is 1.75. The van der Waals surface area contributed by atoms with Crippen molar-refractivity contribution in [1.82, 2.24) is 20.2 Å². The summed E-state index contributed by atoms with van der Waals surface area (Å²) in [6, 6.07) is 0.618. The molecule has 1 aromatic heterocycles. The van der Waals surface area contributed by atoms with Crippen molar-refractivity contribution in [2.75, 3.05) is 38.1 Å². The molecule has 1 aliphatic heterocycles. The third-order valence-electron chi connectivity index (χ3n) is 4.12. The molecule has 118 valence electrons. The zero-order valence-electron chi connectivity index (χ0n) is 13.8. The van der Waals surface area contributed by atoms with Crippen LogP contribution in [-0.2, 0) is 6.54 Å². The lowest BCUT2D eigenvalue weighted by Crippen LogP contribution is -2.51. The molecule has 0 saturated carbocycles. The van der Waals surface area contributed by atoms with Gasteiger partial charge < -0.3 is 10.2 Å². The van der Waals surface area contributed by atoms with E-state index in [0.29, 0.717) is 12.0 Å². The molecule has 0 amide bonds. The van der Waals surface area contributed by atoms with Crippen LogP contribution in [-0.4, -0.2) is 54.1 Å². The topological polar surface area (TPSA) is 44.3 Å². The summed E-state index contributed by atoms with van der Waals surface area (Å²) in [5.41, 5.74) is 1.01. The lowest BCUT2D eigenvalue weighted by molar-refractivity contribution is 0.213. The van der Waals surface area contributed by atoms with Gasteiger partial charge in [-0.2, -0.15) is 0 Å². The lowest BCUT2D eigenvalue weighted by atomic mass is 10.1. The van der Waals surface area contributed by atoms with Gasteiger partial charge in [-0.3, -0.25) is 9.88 Å². The van der Waals surface area contributed by atoms with E-state index in [-0.39, 0.29) is 0 Å². The zero-order chi connectivity index (χ0) is 15.2. The van der Waals surface area contributed by atoms with E-state index in [0.717, 1.165) is 44.2 Å². The molecule has 5 nitrogen and oxygen atoms in total. The van der Waals surface area contributed by atoms with Gasteiger partial charge in [0.1, 0.15) is 5.82 Å². The summed E-state index contributed by atoms with van der Waals surface area (Å²) < 4.78 is 0. The highest BCUT2D eigenvalue weighted by Gasteiger charge is 2.23. The summed E-state index contributed by atoms with van der Waals surface area (Å²) >= 11 is 0. The van der Waals surface area contributed by atoms with Crippen LogP contribution < -0.4 is 10.2 Å². The normalized spacial score (nSPS) is 20.2. The number of nitrogens with one attached hydrogen (secondary N) is 1. The van der Waals surface area contributed by atoms with Crippen molar-refractivity contribution in [2.24, 2.45) is 5.92 Å². The summed E-state index contributed by atoms with van der Waals surface area (Å²) in [4.78, 5) is 13.9. The molecule has 0 bridgehead atoms. The minimum Gasteiger partial charge on any atom is -0.352 e. The summed E-state index contributed by atoms with van der Waals surface area (Å²) in [5.74, 6) is 1.67. The Morgan fingerprint density at radius 3 is 2.71 bits per heavy atom. The molecule has 0 radical (unpaired) electrons. The molecule has 0 spiro atoms. The van der Waals surface area contributed by atoms with E-state index >= 15 is 0 Å². The Labute approximate surface area is 128 Å². The number of hydrogen-bond donors (Lipinski definition) is 1. The van der Waals surface area contributed by atoms with Crippen LogP contribution in [0.15, 0.2) is 12.4 Å². The Morgan fingerprint density at radius 2 is 2.10 bits per heavy atom. The van der Waals surface area contributed by atoms with Gasteiger partial charge in [-0.15, -0.1) is 0 Å². The molecule has 1 atom stereocenters. The van der Waals surface area contributed by atoms with Gasteiger partial charge in [0, 0.05) is 32.2 Å². The van der Waals surface area contributed by atoms with E-state index in [9.17, 15) is 0 Å². The molecule has 0 aromatic carbocycles. The molecule has 2 heterocycles. The van der Waals surface area contributed by atoms with Gasteiger partial charge >= 0.3 is 0 Å². The Balaban J connectivity index is 1.89. The Bertz CT molecular complexity index is 417. The maximum Gasteiger partial charge on any atom is 0.147 e. The Kier molecular flexibility index (Phi) is 5.94. The predicted molar refractivity (Wildman–Crippen MR) is 87.5 cm³/mol. The van der Waals surface area contributed by atoms with Crippen molar-refractivity contribution in [3.8, 4) is 0 Å². The molecule has 1 saturated heterocycles. The summed E-state index contributed by atoms with van der Waals surface area (Å²) in [6.45, 7) is 11.7. The third kappa shape index (κ3) is 4.64. The van der Waals surface area contributed by atoms with Gasteiger partial charge in [-0.25, -0.2) is 4.98 Å². The fourth-order valence-electron chi connectivity index (χ4n) is 2.69. The molecule has 1 unspecified atom stereocenters. The number of likely N-dealkylation sites (N-methyl/N-ethyl adjacent to an activating group) is 1. The van der Waals surface area contributed by atoms with Crippen molar-refractivity contribution in [2.45, 2.75) is 39.8 Å². The van der Waals surface area contributed by atoms with Crippen molar-refractivity contribution in [3.63, 3.8) is 0 Å². The quantitative estimate of drug-likeness (QED) is 0.865. The number of piperazine rings is 1. The Hall–Kier alpha value is -1.20. The molecule has 0 aliphatic carbocycles. The van der Waals surface area contributed by atoms with Crippen LogP contribution in [0.25, 0.3) is 0 Å².